The fourth-order valence-electron chi connectivity index (χ4n) is 4.28. The van der Waals surface area contributed by atoms with Crippen LogP contribution >= 0.6 is 0 Å². The molecule has 6 heteroatoms. The predicted molar refractivity (Wildman–Crippen MR) is 139 cm³/mol. The van der Waals surface area contributed by atoms with E-state index in [2.05, 4.69) is 58.9 Å². The minimum Gasteiger partial charge on any atom is -0.494 e. The number of hydrogen-bond acceptors (Lipinski definition) is 6. The summed E-state index contributed by atoms with van der Waals surface area (Å²) < 4.78 is 5.67. The standard InChI is InChI=1S/C26H35N5O.CH4/c1-4-17-32-22-15-9-19(10-16-22)18-27-20-11-13-21(14-12-20)28-26-29-24-8-6-5-7-23(24)25(30-26)31(2)3;/h5-10,15-16,20-21,27H,4,11-14,17-18H2,1-3H3,(H,28,29,30);1H4. The van der Waals surface area contributed by atoms with Crippen LogP contribution in [0, 0.1) is 0 Å². The Kier molecular flexibility index (Phi) is 8.89. The normalized spacial score (nSPS) is 17.9. The van der Waals surface area contributed by atoms with Crippen molar-refractivity contribution >= 4 is 22.7 Å². The van der Waals surface area contributed by atoms with Gasteiger partial charge in [-0.05, 0) is 61.9 Å². The van der Waals surface area contributed by atoms with Crippen LogP contribution in [0.4, 0.5) is 11.8 Å². The minimum absolute atomic E-state index is 0. The molecule has 3 aromatic rings. The van der Waals surface area contributed by atoms with Crippen molar-refractivity contribution in [3.05, 3.63) is 54.1 Å². The highest BCUT2D eigenvalue weighted by molar-refractivity contribution is 5.90. The van der Waals surface area contributed by atoms with Gasteiger partial charge in [0.1, 0.15) is 11.6 Å². The number of nitrogens with one attached hydrogen (secondary N) is 2. The second kappa shape index (κ2) is 11.8. The lowest BCUT2D eigenvalue weighted by atomic mass is 9.91. The van der Waals surface area contributed by atoms with Gasteiger partial charge in [-0.2, -0.15) is 4.98 Å². The van der Waals surface area contributed by atoms with Crippen molar-refractivity contribution < 1.29 is 4.74 Å². The zero-order valence-electron chi connectivity index (χ0n) is 19.5. The first kappa shape index (κ1) is 24.8. The lowest BCUT2D eigenvalue weighted by Gasteiger charge is -2.30. The van der Waals surface area contributed by atoms with Gasteiger partial charge in [0, 0.05) is 38.1 Å². The molecule has 0 atom stereocenters. The largest absolute Gasteiger partial charge is 0.494 e. The van der Waals surface area contributed by atoms with Crippen molar-refractivity contribution in [3.8, 4) is 5.75 Å². The average molecular weight is 450 g/mol. The molecule has 4 rings (SSSR count). The molecule has 0 unspecified atom stereocenters. The quantitative estimate of drug-likeness (QED) is 0.441. The molecule has 1 saturated carbocycles. The second-order valence-electron chi connectivity index (χ2n) is 8.85. The number of ether oxygens (including phenoxy) is 1. The summed E-state index contributed by atoms with van der Waals surface area (Å²) in [5.41, 5.74) is 2.28. The highest BCUT2D eigenvalue weighted by Crippen LogP contribution is 2.26. The Morgan fingerprint density at radius 2 is 1.64 bits per heavy atom. The molecule has 1 aliphatic rings. The van der Waals surface area contributed by atoms with E-state index in [1.54, 1.807) is 0 Å². The fraction of sp³-hybridized carbons (Fsp3) is 0.481. The van der Waals surface area contributed by atoms with Gasteiger partial charge in [-0.25, -0.2) is 4.98 Å². The Hall–Kier alpha value is -2.86. The molecule has 0 bridgehead atoms. The maximum Gasteiger partial charge on any atom is 0.225 e. The van der Waals surface area contributed by atoms with Crippen molar-refractivity contribution in [1.82, 2.24) is 15.3 Å². The van der Waals surface area contributed by atoms with Gasteiger partial charge in [0.2, 0.25) is 5.95 Å². The molecule has 0 amide bonds. The molecule has 2 N–H and O–H groups in total. The molecule has 178 valence electrons. The first-order valence-corrected chi connectivity index (χ1v) is 11.8. The van der Waals surface area contributed by atoms with Crippen LogP contribution in [0.2, 0.25) is 0 Å². The molecular weight excluding hydrogens is 410 g/mol. The molecule has 0 aliphatic heterocycles. The number of nitrogens with zero attached hydrogens (tertiary/aromatic N) is 3. The number of hydrogen-bond donors (Lipinski definition) is 2. The SMILES string of the molecule is C.CCCOc1ccc(CNC2CCC(Nc3nc(N(C)C)c4ccccc4n3)CC2)cc1. The van der Waals surface area contributed by atoms with Crippen molar-refractivity contribution in [2.75, 3.05) is 30.9 Å². The molecule has 1 aliphatic carbocycles. The maximum atomic E-state index is 5.67. The third kappa shape index (κ3) is 6.57. The molecule has 1 heterocycles. The van der Waals surface area contributed by atoms with E-state index in [0.29, 0.717) is 12.1 Å². The van der Waals surface area contributed by atoms with Crippen LogP contribution in [0.1, 0.15) is 52.0 Å². The van der Waals surface area contributed by atoms with Crippen LogP contribution in [0.3, 0.4) is 0 Å². The monoisotopic (exact) mass is 449 g/mol. The summed E-state index contributed by atoms with van der Waals surface area (Å²) >= 11 is 0. The average Bonchev–Trinajstić information content (AvgIpc) is 2.82. The zero-order chi connectivity index (χ0) is 22.3. The van der Waals surface area contributed by atoms with Crippen molar-refractivity contribution in [2.45, 2.75) is 65.1 Å². The molecule has 1 aromatic heterocycles. The first-order chi connectivity index (χ1) is 15.6. The van der Waals surface area contributed by atoms with E-state index in [4.69, 9.17) is 14.7 Å². The summed E-state index contributed by atoms with van der Waals surface area (Å²) in [5.74, 6) is 2.64. The molecule has 0 radical (unpaired) electrons. The smallest absolute Gasteiger partial charge is 0.225 e. The molecule has 0 spiro atoms. The Labute approximate surface area is 198 Å². The lowest BCUT2D eigenvalue weighted by molar-refractivity contribution is 0.317. The van der Waals surface area contributed by atoms with Gasteiger partial charge < -0.3 is 20.3 Å². The van der Waals surface area contributed by atoms with Gasteiger partial charge in [0.15, 0.2) is 0 Å². The van der Waals surface area contributed by atoms with Crippen LogP contribution < -0.4 is 20.3 Å². The second-order valence-corrected chi connectivity index (χ2v) is 8.85. The predicted octanol–water partition coefficient (Wildman–Crippen LogP) is 5.63. The number of aromatic nitrogens is 2. The van der Waals surface area contributed by atoms with E-state index >= 15 is 0 Å². The van der Waals surface area contributed by atoms with Crippen LogP contribution in [0.25, 0.3) is 10.9 Å². The van der Waals surface area contributed by atoms with E-state index in [1.807, 2.05) is 26.2 Å². The number of anilines is 2. The summed E-state index contributed by atoms with van der Waals surface area (Å²) in [6.07, 6.45) is 5.58. The van der Waals surface area contributed by atoms with E-state index in [0.717, 1.165) is 73.7 Å². The summed E-state index contributed by atoms with van der Waals surface area (Å²) in [7, 11) is 4.06. The summed E-state index contributed by atoms with van der Waals surface area (Å²) in [6, 6.07) is 17.6. The Morgan fingerprint density at radius 1 is 0.939 bits per heavy atom. The van der Waals surface area contributed by atoms with Gasteiger partial charge in [-0.3, -0.25) is 0 Å². The van der Waals surface area contributed by atoms with Crippen LogP contribution in [0.5, 0.6) is 5.75 Å². The minimum atomic E-state index is 0. The molecule has 33 heavy (non-hydrogen) atoms. The third-order valence-corrected chi connectivity index (χ3v) is 6.06. The van der Waals surface area contributed by atoms with Gasteiger partial charge in [0.05, 0.1) is 12.1 Å². The van der Waals surface area contributed by atoms with Gasteiger partial charge >= 0.3 is 0 Å². The topological polar surface area (TPSA) is 62.3 Å². The van der Waals surface area contributed by atoms with Gasteiger partial charge in [-0.1, -0.05) is 38.6 Å². The zero-order valence-corrected chi connectivity index (χ0v) is 19.5. The Morgan fingerprint density at radius 3 is 2.33 bits per heavy atom. The van der Waals surface area contributed by atoms with E-state index < -0.39 is 0 Å². The number of para-hydroxylation sites is 1. The van der Waals surface area contributed by atoms with Gasteiger partial charge in [-0.15, -0.1) is 0 Å². The van der Waals surface area contributed by atoms with E-state index in [1.165, 1.54) is 5.56 Å². The van der Waals surface area contributed by atoms with Crippen molar-refractivity contribution in [2.24, 2.45) is 0 Å². The lowest BCUT2D eigenvalue weighted by Crippen LogP contribution is -2.37. The van der Waals surface area contributed by atoms with Crippen molar-refractivity contribution in [1.29, 1.82) is 0 Å². The molecule has 0 saturated heterocycles. The van der Waals surface area contributed by atoms with Crippen molar-refractivity contribution in [3.63, 3.8) is 0 Å². The van der Waals surface area contributed by atoms with Gasteiger partial charge in [0.25, 0.3) is 0 Å². The molecule has 1 fully saturated rings. The highest BCUT2D eigenvalue weighted by atomic mass is 16.5. The summed E-state index contributed by atoms with van der Waals surface area (Å²) in [4.78, 5) is 11.6. The summed E-state index contributed by atoms with van der Waals surface area (Å²) in [5, 5.41) is 8.41. The van der Waals surface area contributed by atoms with E-state index in [-0.39, 0.29) is 7.43 Å². The number of benzene rings is 2. The first-order valence-electron chi connectivity index (χ1n) is 11.8. The third-order valence-electron chi connectivity index (χ3n) is 6.06. The van der Waals surface area contributed by atoms with Crippen LogP contribution in [0.15, 0.2) is 48.5 Å². The number of rotatable bonds is 9. The molecular formula is C27H39N5O. The summed E-state index contributed by atoms with van der Waals surface area (Å²) in [6.45, 7) is 3.80. The van der Waals surface area contributed by atoms with E-state index in [9.17, 15) is 0 Å². The Balaban J connectivity index is 0.00000306. The highest BCUT2D eigenvalue weighted by Gasteiger charge is 2.22. The van der Waals surface area contributed by atoms with Crippen LogP contribution in [-0.2, 0) is 6.54 Å². The Bertz CT molecular complexity index is 997. The maximum absolute atomic E-state index is 5.67. The van der Waals surface area contributed by atoms with Crippen LogP contribution in [-0.4, -0.2) is 42.8 Å². The fourth-order valence-corrected chi connectivity index (χ4v) is 4.28. The molecule has 2 aromatic carbocycles. The molecule has 6 nitrogen and oxygen atoms in total. The number of fused-ring (bicyclic) bond motifs is 1.